The summed E-state index contributed by atoms with van der Waals surface area (Å²) in [5, 5.41) is 3.79. The highest BCUT2D eigenvalue weighted by Crippen LogP contribution is 2.27. The summed E-state index contributed by atoms with van der Waals surface area (Å²) in [5.74, 6) is -0.451. The van der Waals surface area contributed by atoms with Gasteiger partial charge in [0.25, 0.3) is 11.5 Å². The number of aromatic nitrogens is 2. The summed E-state index contributed by atoms with van der Waals surface area (Å²) in [5.41, 5.74) is 1.03. The van der Waals surface area contributed by atoms with Crippen LogP contribution in [-0.4, -0.2) is 52.6 Å². The lowest BCUT2D eigenvalue weighted by Gasteiger charge is -2.26. The molecule has 4 rings (SSSR count). The molecule has 1 N–H and O–H groups in total. The summed E-state index contributed by atoms with van der Waals surface area (Å²) in [6.45, 7) is 3.92. The van der Waals surface area contributed by atoms with E-state index < -0.39 is 0 Å². The molecule has 1 fully saturated rings. The Morgan fingerprint density at radius 1 is 1.26 bits per heavy atom. The van der Waals surface area contributed by atoms with E-state index in [2.05, 4.69) is 10.3 Å². The smallest absolute Gasteiger partial charge is 0.262 e. The Hall–Kier alpha value is -2.75. The number of fused-ring (bicyclic) bond motifs is 1. The maximum Gasteiger partial charge on any atom is 0.262 e. The molecular weight excluding hydrogens is 440 g/mol. The Balaban J connectivity index is 1.55. The molecular formula is C21H21ClN4O4S. The molecule has 0 unspecified atom stereocenters. The predicted molar refractivity (Wildman–Crippen MR) is 119 cm³/mol. The van der Waals surface area contributed by atoms with E-state index in [1.165, 1.54) is 10.9 Å². The number of carbonyl (C=O) groups excluding carboxylic acids is 2. The highest BCUT2D eigenvalue weighted by atomic mass is 35.5. The molecule has 1 aromatic carbocycles. The number of thiophene rings is 1. The number of ether oxygens (including phenoxy) is 1. The second kappa shape index (κ2) is 9.17. The van der Waals surface area contributed by atoms with Gasteiger partial charge in [0.2, 0.25) is 5.91 Å². The second-order valence-corrected chi connectivity index (χ2v) is 8.59. The van der Waals surface area contributed by atoms with Crippen molar-refractivity contribution in [2.45, 2.75) is 20.0 Å². The van der Waals surface area contributed by atoms with Crippen molar-refractivity contribution in [1.29, 1.82) is 0 Å². The molecule has 31 heavy (non-hydrogen) atoms. The van der Waals surface area contributed by atoms with Gasteiger partial charge in [-0.05, 0) is 24.1 Å². The number of carbonyl (C=O) groups is 2. The first-order valence-electron chi connectivity index (χ1n) is 9.81. The standard InChI is InChI=1S/C21H21ClN4O4S/c1-13-17-20(31-18(13)19(28)23-10-14-4-2-3-5-15(14)22)24-12-26(21(17)29)11-16(27)25-6-8-30-9-7-25/h2-5,12H,6-11H2,1H3,(H,23,28). The average molecular weight is 461 g/mol. The van der Waals surface area contributed by atoms with E-state index in [4.69, 9.17) is 16.3 Å². The van der Waals surface area contributed by atoms with Crippen molar-refractivity contribution in [2.75, 3.05) is 26.3 Å². The molecule has 1 aliphatic rings. The molecule has 1 saturated heterocycles. The second-order valence-electron chi connectivity index (χ2n) is 7.18. The zero-order valence-electron chi connectivity index (χ0n) is 16.9. The van der Waals surface area contributed by atoms with Gasteiger partial charge in [0.15, 0.2) is 0 Å². The number of nitrogens with zero attached hydrogens (tertiary/aromatic N) is 3. The van der Waals surface area contributed by atoms with Crippen LogP contribution in [0.3, 0.4) is 0 Å². The third-order valence-electron chi connectivity index (χ3n) is 5.19. The Labute approximate surface area is 187 Å². The van der Waals surface area contributed by atoms with Crippen LogP contribution in [0.1, 0.15) is 20.8 Å². The molecule has 0 aliphatic carbocycles. The van der Waals surface area contributed by atoms with E-state index >= 15 is 0 Å². The minimum atomic E-state index is -0.328. The molecule has 0 atom stereocenters. The van der Waals surface area contributed by atoms with Crippen molar-refractivity contribution in [3.8, 4) is 0 Å². The first kappa shape index (κ1) is 21.5. The molecule has 1 aliphatic heterocycles. The molecule has 0 bridgehead atoms. The van der Waals surface area contributed by atoms with Crippen LogP contribution in [0.4, 0.5) is 0 Å². The molecule has 0 saturated carbocycles. The summed E-state index contributed by atoms with van der Waals surface area (Å²) in [6.07, 6.45) is 1.37. The van der Waals surface area contributed by atoms with Crippen molar-refractivity contribution in [3.63, 3.8) is 0 Å². The Bertz CT molecular complexity index is 1200. The molecule has 0 spiro atoms. The van der Waals surface area contributed by atoms with Crippen LogP contribution in [0.5, 0.6) is 0 Å². The van der Waals surface area contributed by atoms with Crippen molar-refractivity contribution in [1.82, 2.24) is 19.8 Å². The highest BCUT2D eigenvalue weighted by molar-refractivity contribution is 7.20. The molecule has 2 amide bonds. The van der Waals surface area contributed by atoms with Crippen LogP contribution in [0.25, 0.3) is 10.2 Å². The SMILES string of the molecule is Cc1c(C(=O)NCc2ccccc2Cl)sc2ncn(CC(=O)N3CCOCC3)c(=O)c12. The van der Waals surface area contributed by atoms with Gasteiger partial charge in [-0.15, -0.1) is 11.3 Å². The Morgan fingerprint density at radius 3 is 2.74 bits per heavy atom. The number of amides is 2. The fourth-order valence-electron chi connectivity index (χ4n) is 3.44. The molecule has 3 aromatic rings. The molecule has 3 heterocycles. The Kier molecular flexibility index (Phi) is 6.35. The minimum absolute atomic E-state index is 0.0922. The summed E-state index contributed by atoms with van der Waals surface area (Å²) in [4.78, 5) is 45.2. The monoisotopic (exact) mass is 460 g/mol. The number of halogens is 1. The normalized spacial score (nSPS) is 14.1. The molecule has 0 radical (unpaired) electrons. The first-order valence-corrected chi connectivity index (χ1v) is 11.0. The van der Waals surface area contributed by atoms with Crippen molar-refractivity contribution in [2.24, 2.45) is 0 Å². The number of aryl methyl sites for hydroxylation is 1. The van der Waals surface area contributed by atoms with Gasteiger partial charge in [-0.1, -0.05) is 29.8 Å². The lowest BCUT2D eigenvalue weighted by molar-refractivity contribution is -0.135. The van der Waals surface area contributed by atoms with Crippen LogP contribution in [0, 0.1) is 6.92 Å². The van der Waals surface area contributed by atoms with Crippen LogP contribution >= 0.6 is 22.9 Å². The summed E-state index contributed by atoms with van der Waals surface area (Å²) in [6, 6.07) is 7.28. The number of hydrogen-bond donors (Lipinski definition) is 1. The van der Waals surface area contributed by atoms with E-state index in [0.717, 1.165) is 16.9 Å². The van der Waals surface area contributed by atoms with Gasteiger partial charge < -0.3 is 15.0 Å². The third-order valence-corrected chi connectivity index (χ3v) is 6.76. The topological polar surface area (TPSA) is 93.5 Å². The van der Waals surface area contributed by atoms with Crippen LogP contribution in [0.2, 0.25) is 5.02 Å². The maximum absolute atomic E-state index is 13.0. The molecule has 162 valence electrons. The largest absolute Gasteiger partial charge is 0.378 e. The van der Waals surface area contributed by atoms with Gasteiger partial charge in [-0.2, -0.15) is 0 Å². The van der Waals surface area contributed by atoms with Crippen molar-refractivity contribution >= 4 is 45.0 Å². The van der Waals surface area contributed by atoms with Crippen LogP contribution in [-0.2, 0) is 22.6 Å². The van der Waals surface area contributed by atoms with E-state index in [9.17, 15) is 14.4 Å². The molecule has 8 nitrogen and oxygen atoms in total. The summed E-state index contributed by atoms with van der Waals surface area (Å²) in [7, 11) is 0. The minimum Gasteiger partial charge on any atom is -0.378 e. The van der Waals surface area contributed by atoms with Crippen molar-refractivity contribution in [3.05, 3.63) is 62.0 Å². The first-order chi connectivity index (χ1) is 15.0. The highest BCUT2D eigenvalue weighted by Gasteiger charge is 2.22. The molecule has 10 heteroatoms. The summed E-state index contributed by atoms with van der Waals surface area (Å²) < 4.78 is 6.56. The van der Waals surface area contributed by atoms with E-state index in [1.54, 1.807) is 17.9 Å². The Morgan fingerprint density at radius 2 is 2.00 bits per heavy atom. The number of benzene rings is 1. The van der Waals surface area contributed by atoms with E-state index in [1.807, 2.05) is 18.2 Å². The number of morpholine rings is 1. The van der Waals surface area contributed by atoms with Gasteiger partial charge in [-0.25, -0.2) is 4.98 Å². The van der Waals surface area contributed by atoms with Crippen LogP contribution < -0.4 is 10.9 Å². The molecule has 2 aromatic heterocycles. The van der Waals surface area contributed by atoms with Gasteiger partial charge in [-0.3, -0.25) is 19.0 Å². The number of rotatable bonds is 5. The lowest BCUT2D eigenvalue weighted by Crippen LogP contribution is -2.43. The van der Waals surface area contributed by atoms with E-state index in [0.29, 0.717) is 52.0 Å². The zero-order valence-corrected chi connectivity index (χ0v) is 18.5. The fraction of sp³-hybridized carbons (Fsp3) is 0.333. The van der Waals surface area contributed by atoms with Gasteiger partial charge >= 0.3 is 0 Å². The fourth-order valence-corrected chi connectivity index (χ4v) is 4.70. The van der Waals surface area contributed by atoms with Gasteiger partial charge in [0.05, 0.1) is 29.8 Å². The third kappa shape index (κ3) is 4.48. The van der Waals surface area contributed by atoms with Gasteiger partial charge in [0.1, 0.15) is 11.4 Å². The average Bonchev–Trinajstić information content (AvgIpc) is 3.12. The van der Waals surface area contributed by atoms with E-state index in [-0.39, 0.29) is 30.5 Å². The predicted octanol–water partition coefficient (Wildman–Crippen LogP) is 2.21. The van der Waals surface area contributed by atoms with Crippen molar-refractivity contribution < 1.29 is 14.3 Å². The summed E-state index contributed by atoms with van der Waals surface area (Å²) >= 11 is 7.30. The quantitative estimate of drug-likeness (QED) is 0.630. The zero-order chi connectivity index (χ0) is 22.0. The lowest BCUT2D eigenvalue weighted by atomic mass is 10.2. The number of nitrogens with one attached hydrogen (secondary N) is 1. The maximum atomic E-state index is 13.0. The number of hydrogen-bond acceptors (Lipinski definition) is 6. The van der Waals surface area contributed by atoms with Crippen LogP contribution in [0.15, 0.2) is 35.4 Å². The van der Waals surface area contributed by atoms with Gasteiger partial charge in [0, 0.05) is 24.7 Å².